The van der Waals surface area contributed by atoms with E-state index in [1.165, 1.54) is 42.6 Å². The van der Waals surface area contributed by atoms with Crippen LogP contribution in [0.5, 0.6) is 5.75 Å². The molecule has 1 N–H and O–H groups in total. The van der Waals surface area contributed by atoms with Gasteiger partial charge in [-0.25, -0.2) is 0 Å². The van der Waals surface area contributed by atoms with Gasteiger partial charge < -0.3 is 24.3 Å². The van der Waals surface area contributed by atoms with E-state index in [9.17, 15) is 0 Å². The van der Waals surface area contributed by atoms with Crippen molar-refractivity contribution in [2.24, 2.45) is 0 Å². The Labute approximate surface area is 223 Å². The Morgan fingerprint density at radius 1 is 1.11 bits per heavy atom. The average Bonchev–Trinajstić information content (AvgIpc) is 3.58. The third-order valence-corrected chi connectivity index (χ3v) is 7.98. The number of methoxy groups -OCH3 is 1. The van der Waals surface area contributed by atoms with Crippen LogP contribution < -0.4 is 15.0 Å². The molecule has 2 unspecified atom stereocenters. The number of aromatic nitrogens is 2. The Morgan fingerprint density at radius 2 is 1.92 bits per heavy atom. The second kappa shape index (κ2) is 10.8. The van der Waals surface area contributed by atoms with Crippen LogP contribution in [0.3, 0.4) is 0 Å². The molecule has 36 heavy (non-hydrogen) atoms. The molecular formula is C28H33ClN4O2S. The highest BCUT2D eigenvalue weighted by Gasteiger charge is 2.42. The third kappa shape index (κ3) is 4.72. The SMILES string of the molecule is COCCOc1ccc(N2C(=S)NC(c3ccccn3)C2c2cc(C)n(C3CCCC3)c2C)cc1Cl. The van der Waals surface area contributed by atoms with Gasteiger partial charge in [0, 0.05) is 36.4 Å². The number of benzene rings is 1. The maximum absolute atomic E-state index is 6.66. The van der Waals surface area contributed by atoms with Crippen LogP contribution in [0.4, 0.5) is 5.69 Å². The predicted molar refractivity (Wildman–Crippen MR) is 148 cm³/mol. The lowest BCUT2D eigenvalue weighted by Crippen LogP contribution is -2.29. The Kier molecular flexibility index (Phi) is 7.51. The van der Waals surface area contributed by atoms with Gasteiger partial charge in [-0.1, -0.05) is 30.5 Å². The maximum Gasteiger partial charge on any atom is 0.174 e. The number of nitrogens with one attached hydrogen (secondary N) is 1. The number of rotatable bonds is 8. The zero-order valence-corrected chi connectivity index (χ0v) is 22.6. The first-order valence-corrected chi connectivity index (χ1v) is 13.4. The number of aryl methyl sites for hydroxylation is 1. The molecule has 2 atom stereocenters. The number of anilines is 1. The van der Waals surface area contributed by atoms with Crippen LogP contribution in [0.25, 0.3) is 0 Å². The molecular weight excluding hydrogens is 492 g/mol. The minimum absolute atomic E-state index is 0.0647. The number of thiocarbonyl (C=S) groups is 1. The molecule has 1 saturated heterocycles. The van der Waals surface area contributed by atoms with Gasteiger partial charge in [0.25, 0.3) is 0 Å². The van der Waals surface area contributed by atoms with Crippen molar-refractivity contribution in [2.75, 3.05) is 25.2 Å². The number of halogens is 1. The second-order valence-electron chi connectivity index (χ2n) is 9.59. The zero-order chi connectivity index (χ0) is 25.2. The molecule has 0 spiro atoms. The molecule has 0 amide bonds. The van der Waals surface area contributed by atoms with Gasteiger partial charge in [0.2, 0.25) is 0 Å². The molecule has 2 aliphatic rings. The number of nitrogens with zero attached hydrogens (tertiary/aromatic N) is 3. The number of hydrogen-bond acceptors (Lipinski definition) is 4. The minimum atomic E-state index is -0.0902. The van der Waals surface area contributed by atoms with Crippen LogP contribution >= 0.6 is 23.8 Å². The molecule has 0 bridgehead atoms. The van der Waals surface area contributed by atoms with Crippen LogP contribution in [0, 0.1) is 13.8 Å². The fourth-order valence-corrected chi connectivity index (χ4v) is 6.34. The van der Waals surface area contributed by atoms with Crippen LogP contribution in [0.15, 0.2) is 48.7 Å². The van der Waals surface area contributed by atoms with Crippen molar-refractivity contribution in [1.29, 1.82) is 0 Å². The Hall–Kier alpha value is -2.61. The normalized spacial score (nSPS) is 20.2. The Bertz CT molecular complexity index is 1230. The van der Waals surface area contributed by atoms with Gasteiger partial charge in [0.1, 0.15) is 12.4 Å². The van der Waals surface area contributed by atoms with Gasteiger partial charge >= 0.3 is 0 Å². The van der Waals surface area contributed by atoms with Crippen molar-refractivity contribution < 1.29 is 9.47 Å². The summed E-state index contributed by atoms with van der Waals surface area (Å²) in [5, 5.41) is 4.77. The van der Waals surface area contributed by atoms with Crippen molar-refractivity contribution >= 4 is 34.6 Å². The van der Waals surface area contributed by atoms with Crippen molar-refractivity contribution in [3.8, 4) is 5.75 Å². The number of hydrogen-bond donors (Lipinski definition) is 1. The molecule has 2 aromatic heterocycles. The molecule has 1 aliphatic carbocycles. The highest BCUT2D eigenvalue weighted by Crippen LogP contribution is 2.45. The molecule has 3 aromatic rings. The third-order valence-electron chi connectivity index (χ3n) is 7.37. The first-order chi connectivity index (χ1) is 17.5. The van der Waals surface area contributed by atoms with Gasteiger partial charge in [-0.2, -0.15) is 0 Å². The van der Waals surface area contributed by atoms with E-state index in [0.717, 1.165) is 11.4 Å². The number of pyridine rings is 1. The monoisotopic (exact) mass is 524 g/mol. The largest absolute Gasteiger partial charge is 0.490 e. The summed E-state index contributed by atoms with van der Waals surface area (Å²) in [4.78, 5) is 6.88. The van der Waals surface area contributed by atoms with Crippen molar-refractivity contribution in [3.05, 3.63) is 76.3 Å². The van der Waals surface area contributed by atoms with E-state index in [1.807, 2.05) is 36.5 Å². The summed E-state index contributed by atoms with van der Waals surface area (Å²) >= 11 is 12.6. The molecule has 190 valence electrons. The van der Waals surface area contributed by atoms with Crippen LogP contribution in [-0.2, 0) is 4.74 Å². The summed E-state index contributed by atoms with van der Waals surface area (Å²) in [5.41, 5.74) is 5.74. The molecule has 2 fully saturated rings. The van der Waals surface area contributed by atoms with Gasteiger partial charge in [-0.05, 0) is 80.9 Å². The van der Waals surface area contributed by atoms with E-state index < -0.39 is 0 Å². The minimum Gasteiger partial charge on any atom is -0.490 e. The van der Waals surface area contributed by atoms with Gasteiger partial charge in [-0.3, -0.25) is 4.98 Å². The fraction of sp³-hybridized carbons (Fsp3) is 0.429. The molecule has 0 radical (unpaired) electrons. The van der Waals surface area contributed by atoms with Crippen LogP contribution in [0.1, 0.15) is 66.5 Å². The average molecular weight is 525 g/mol. The summed E-state index contributed by atoms with van der Waals surface area (Å²) in [6.07, 6.45) is 6.91. The van der Waals surface area contributed by atoms with Crippen LogP contribution in [0.2, 0.25) is 5.02 Å². The van der Waals surface area contributed by atoms with Crippen molar-refractivity contribution in [3.63, 3.8) is 0 Å². The fourth-order valence-electron chi connectivity index (χ4n) is 5.77. The molecule has 3 heterocycles. The summed E-state index contributed by atoms with van der Waals surface area (Å²) in [6, 6.07) is 14.6. The maximum atomic E-state index is 6.66. The van der Waals surface area contributed by atoms with E-state index in [4.69, 9.17) is 38.3 Å². The first-order valence-electron chi connectivity index (χ1n) is 12.6. The predicted octanol–water partition coefficient (Wildman–Crippen LogP) is 6.47. The zero-order valence-electron chi connectivity index (χ0n) is 21.0. The van der Waals surface area contributed by atoms with Crippen molar-refractivity contribution in [1.82, 2.24) is 14.9 Å². The molecule has 1 saturated carbocycles. The van der Waals surface area contributed by atoms with Gasteiger partial charge in [0.05, 0.1) is 29.4 Å². The Morgan fingerprint density at radius 3 is 2.61 bits per heavy atom. The van der Waals surface area contributed by atoms with Crippen LogP contribution in [-0.4, -0.2) is 35.0 Å². The quantitative estimate of drug-likeness (QED) is 0.269. The second-order valence-corrected chi connectivity index (χ2v) is 10.4. The number of ether oxygens (including phenoxy) is 2. The highest BCUT2D eigenvalue weighted by molar-refractivity contribution is 7.80. The molecule has 6 nitrogen and oxygen atoms in total. The highest BCUT2D eigenvalue weighted by atomic mass is 35.5. The lowest BCUT2D eigenvalue weighted by molar-refractivity contribution is 0.146. The summed E-state index contributed by atoms with van der Waals surface area (Å²) < 4.78 is 13.4. The smallest absolute Gasteiger partial charge is 0.174 e. The molecule has 5 rings (SSSR count). The summed E-state index contributed by atoms with van der Waals surface area (Å²) in [5.74, 6) is 0.632. The lowest BCUT2D eigenvalue weighted by atomic mass is 9.96. The first kappa shape index (κ1) is 25.1. The van der Waals surface area contributed by atoms with Gasteiger partial charge in [0.15, 0.2) is 5.11 Å². The molecule has 1 aromatic carbocycles. The van der Waals surface area contributed by atoms with Gasteiger partial charge in [-0.15, -0.1) is 0 Å². The Balaban J connectivity index is 1.57. The summed E-state index contributed by atoms with van der Waals surface area (Å²) in [7, 11) is 1.65. The lowest BCUT2D eigenvalue weighted by Gasteiger charge is -2.29. The summed E-state index contributed by atoms with van der Waals surface area (Å²) in [6.45, 7) is 5.41. The molecule has 8 heteroatoms. The topological polar surface area (TPSA) is 51.6 Å². The molecule has 1 aliphatic heterocycles. The van der Waals surface area contributed by atoms with Crippen molar-refractivity contribution in [2.45, 2.75) is 57.7 Å². The standard InChI is InChI=1S/C28H33ClN4O2S/c1-18-16-22(19(2)32(18)20-8-4-5-9-20)27-26(24-10-6-7-13-30-24)31-28(36)33(27)21-11-12-25(23(29)17-21)35-15-14-34-3/h6-7,10-13,16-17,20,26-27H,4-5,8-9,14-15H2,1-3H3,(H,31,36). The van der Waals surface area contributed by atoms with E-state index in [-0.39, 0.29) is 12.1 Å². The van der Waals surface area contributed by atoms with E-state index >= 15 is 0 Å². The van der Waals surface area contributed by atoms with E-state index in [1.54, 1.807) is 7.11 Å². The van der Waals surface area contributed by atoms with E-state index in [2.05, 4.69) is 40.8 Å². The van der Waals surface area contributed by atoms with E-state index in [0.29, 0.717) is 35.1 Å².